The van der Waals surface area contributed by atoms with E-state index >= 15 is 0 Å². The van der Waals surface area contributed by atoms with E-state index in [-0.39, 0.29) is 0 Å². The molecule has 0 amide bonds. The summed E-state index contributed by atoms with van der Waals surface area (Å²) in [5.41, 5.74) is 6.20. The van der Waals surface area contributed by atoms with E-state index in [0.29, 0.717) is 18.9 Å². The zero-order chi connectivity index (χ0) is 9.47. The van der Waals surface area contributed by atoms with Gasteiger partial charge in [0.2, 0.25) is 0 Å². The summed E-state index contributed by atoms with van der Waals surface area (Å²) in [5, 5.41) is 12.5. The van der Waals surface area contributed by atoms with Gasteiger partial charge in [-0.1, -0.05) is 6.92 Å². The molecule has 2 unspecified atom stereocenters. The Labute approximate surface area is 82.4 Å². The molecule has 1 aromatic rings. The molecule has 3 N–H and O–H groups in total. The molecule has 72 valence electrons. The Hall–Kier alpha value is -0.380. The van der Waals surface area contributed by atoms with Gasteiger partial charge in [0.05, 0.1) is 0 Å². The average Bonchev–Trinajstić information content (AvgIpc) is 2.59. The summed E-state index contributed by atoms with van der Waals surface area (Å²) in [7, 11) is 0. The van der Waals surface area contributed by atoms with Gasteiger partial charge in [0, 0.05) is 4.88 Å². The Morgan fingerprint density at radius 2 is 2.54 bits per heavy atom. The van der Waals surface area contributed by atoms with Crippen molar-refractivity contribution in [2.75, 3.05) is 6.54 Å². The molecule has 2 atom stereocenters. The third kappa shape index (κ3) is 1.23. The lowest BCUT2D eigenvalue weighted by molar-refractivity contribution is -0.00716. The molecule has 0 bridgehead atoms. The average molecular weight is 197 g/mol. The van der Waals surface area contributed by atoms with Crippen LogP contribution in [0.15, 0.2) is 11.4 Å². The smallest absolute Gasteiger partial charge is 0.103 e. The van der Waals surface area contributed by atoms with Gasteiger partial charge in [0.15, 0.2) is 0 Å². The lowest BCUT2D eigenvalue weighted by Crippen LogP contribution is -2.31. The molecule has 1 aromatic heterocycles. The normalized spacial score (nSPS) is 32.1. The number of thiophene rings is 1. The number of fused-ring (bicyclic) bond motifs is 1. The molecule has 1 aliphatic carbocycles. The number of nitrogens with two attached hydrogens (primary N) is 1. The van der Waals surface area contributed by atoms with E-state index in [2.05, 4.69) is 18.4 Å². The predicted molar refractivity (Wildman–Crippen MR) is 54.8 cm³/mol. The Bertz CT molecular complexity index is 310. The van der Waals surface area contributed by atoms with Gasteiger partial charge < -0.3 is 10.8 Å². The van der Waals surface area contributed by atoms with Gasteiger partial charge in [-0.15, -0.1) is 11.3 Å². The minimum absolute atomic E-state index is 0.318. The first kappa shape index (κ1) is 9.19. The van der Waals surface area contributed by atoms with E-state index < -0.39 is 5.60 Å². The Morgan fingerprint density at radius 3 is 3.23 bits per heavy atom. The van der Waals surface area contributed by atoms with Crippen LogP contribution in [0.1, 0.15) is 23.8 Å². The second-order valence-corrected chi connectivity index (χ2v) is 4.76. The van der Waals surface area contributed by atoms with E-state index in [4.69, 9.17) is 5.73 Å². The van der Waals surface area contributed by atoms with Gasteiger partial charge in [0.1, 0.15) is 5.60 Å². The van der Waals surface area contributed by atoms with Crippen LogP contribution in [0.4, 0.5) is 0 Å². The summed E-state index contributed by atoms with van der Waals surface area (Å²) in [6.45, 7) is 2.65. The molecule has 0 spiro atoms. The molecule has 0 saturated carbocycles. The van der Waals surface area contributed by atoms with E-state index in [9.17, 15) is 5.11 Å². The molecular formula is C10H15NOS. The van der Waals surface area contributed by atoms with Gasteiger partial charge in [0.25, 0.3) is 0 Å². The summed E-state index contributed by atoms with van der Waals surface area (Å²) in [6.07, 6.45) is 1.68. The highest BCUT2D eigenvalue weighted by molar-refractivity contribution is 7.10. The highest BCUT2D eigenvalue weighted by Gasteiger charge is 2.43. The molecule has 1 aliphatic rings. The summed E-state index contributed by atoms with van der Waals surface area (Å²) < 4.78 is 0. The first-order valence-corrected chi connectivity index (χ1v) is 5.55. The number of rotatable bonds is 2. The third-order valence-corrected chi connectivity index (χ3v) is 4.13. The van der Waals surface area contributed by atoms with Gasteiger partial charge in [-0.2, -0.15) is 0 Å². The molecule has 2 rings (SSSR count). The quantitative estimate of drug-likeness (QED) is 0.754. The monoisotopic (exact) mass is 197 g/mol. The van der Waals surface area contributed by atoms with E-state index in [0.717, 1.165) is 11.3 Å². The second kappa shape index (κ2) is 3.08. The first-order valence-electron chi connectivity index (χ1n) is 4.68. The summed E-state index contributed by atoms with van der Waals surface area (Å²) in [5.74, 6) is 0.318. The van der Waals surface area contributed by atoms with Crippen molar-refractivity contribution in [2.45, 2.75) is 25.4 Å². The van der Waals surface area contributed by atoms with Crippen molar-refractivity contribution < 1.29 is 5.11 Å². The fourth-order valence-electron chi connectivity index (χ4n) is 2.18. The van der Waals surface area contributed by atoms with Crippen LogP contribution >= 0.6 is 11.3 Å². The van der Waals surface area contributed by atoms with Crippen LogP contribution < -0.4 is 5.73 Å². The van der Waals surface area contributed by atoms with Crippen molar-refractivity contribution in [3.8, 4) is 0 Å². The zero-order valence-electron chi connectivity index (χ0n) is 7.79. The van der Waals surface area contributed by atoms with Gasteiger partial charge in [-0.05, 0) is 42.3 Å². The standard InChI is InChI=1S/C10H15NOS/c1-7-6-8-2-5-13-9(8)10(7,12)3-4-11/h2,5,7,12H,3-4,6,11H2,1H3. The molecule has 2 nitrogen and oxygen atoms in total. The Morgan fingerprint density at radius 1 is 1.77 bits per heavy atom. The maximum Gasteiger partial charge on any atom is 0.103 e. The molecule has 0 saturated heterocycles. The lowest BCUT2D eigenvalue weighted by Gasteiger charge is -2.27. The number of hydrogen-bond donors (Lipinski definition) is 2. The van der Waals surface area contributed by atoms with Crippen LogP contribution in [0.25, 0.3) is 0 Å². The minimum atomic E-state index is -0.641. The summed E-state index contributed by atoms with van der Waals surface area (Å²) in [6, 6.07) is 2.12. The van der Waals surface area contributed by atoms with Crippen LogP contribution in [0, 0.1) is 5.92 Å². The third-order valence-electron chi connectivity index (χ3n) is 3.01. The molecule has 1 heterocycles. The van der Waals surface area contributed by atoms with Gasteiger partial charge in [-0.3, -0.25) is 0 Å². The minimum Gasteiger partial charge on any atom is -0.384 e. The van der Waals surface area contributed by atoms with Gasteiger partial charge >= 0.3 is 0 Å². The largest absolute Gasteiger partial charge is 0.384 e. The number of hydrogen-bond acceptors (Lipinski definition) is 3. The van der Waals surface area contributed by atoms with Crippen LogP contribution in [-0.2, 0) is 12.0 Å². The van der Waals surface area contributed by atoms with E-state index in [1.165, 1.54) is 5.56 Å². The zero-order valence-corrected chi connectivity index (χ0v) is 8.60. The second-order valence-electron chi connectivity index (χ2n) is 3.84. The predicted octanol–water partition coefficient (Wildman–Crippen LogP) is 1.48. The topological polar surface area (TPSA) is 46.2 Å². The highest BCUT2D eigenvalue weighted by Crippen LogP contribution is 2.46. The maximum atomic E-state index is 10.4. The van der Waals surface area contributed by atoms with Crippen LogP contribution in [0.2, 0.25) is 0 Å². The molecular weight excluding hydrogens is 182 g/mol. The van der Waals surface area contributed by atoms with Crippen molar-refractivity contribution in [3.63, 3.8) is 0 Å². The molecule has 3 heteroatoms. The molecule has 13 heavy (non-hydrogen) atoms. The summed E-state index contributed by atoms with van der Waals surface area (Å²) >= 11 is 1.66. The SMILES string of the molecule is CC1Cc2ccsc2C1(O)CCN. The lowest BCUT2D eigenvalue weighted by atomic mass is 9.89. The van der Waals surface area contributed by atoms with Crippen molar-refractivity contribution in [1.29, 1.82) is 0 Å². The first-order chi connectivity index (χ1) is 6.18. The van der Waals surface area contributed by atoms with Gasteiger partial charge in [-0.25, -0.2) is 0 Å². The Kier molecular flexibility index (Phi) is 2.18. The van der Waals surface area contributed by atoms with Crippen LogP contribution in [0.5, 0.6) is 0 Å². The fraction of sp³-hybridized carbons (Fsp3) is 0.600. The van der Waals surface area contributed by atoms with Crippen molar-refractivity contribution >= 4 is 11.3 Å². The molecule has 0 fully saturated rings. The highest BCUT2D eigenvalue weighted by atomic mass is 32.1. The molecule has 0 radical (unpaired) electrons. The fourth-order valence-corrected chi connectivity index (χ4v) is 3.36. The van der Waals surface area contributed by atoms with E-state index in [1.807, 2.05) is 0 Å². The van der Waals surface area contributed by atoms with Crippen molar-refractivity contribution in [2.24, 2.45) is 11.7 Å². The van der Waals surface area contributed by atoms with Crippen LogP contribution in [-0.4, -0.2) is 11.7 Å². The number of aliphatic hydroxyl groups is 1. The van der Waals surface area contributed by atoms with Crippen LogP contribution in [0.3, 0.4) is 0 Å². The Balaban J connectivity index is 2.38. The van der Waals surface area contributed by atoms with Crippen molar-refractivity contribution in [3.05, 3.63) is 21.9 Å². The molecule has 0 aliphatic heterocycles. The van der Waals surface area contributed by atoms with Crippen molar-refractivity contribution in [1.82, 2.24) is 0 Å². The van der Waals surface area contributed by atoms with E-state index in [1.54, 1.807) is 11.3 Å². The molecule has 0 aromatic carbocycles. The summed E-state index contributed by atoms with van der Waals surface area (Å²) in [4.78, 5) is 1.14. The maximum absolute atomic E-state index is 10.4.